The van der Waals surface area contributed by atoms with Crippen LogP contribution in [0.1, 0.15) is 45.6 Å². The third-order valence-corrected chi connectivity index (χ3v) is 6.13. The predicted octanol–water partition coefficient (Wildman–Crippen LogP) is 6.54. The zero-order valence-corrected chi connectivity index (χ0v) is 20.7. The molecule has 0 radical (unpaired) electrons. The predicted molar refractivity (Wildman–Crippen MR) is 141 cm³/mol. The van der Waals surface area contributed by atoms with Crippen molar-refractivity contribution in [1.82, 2.24) is 5.32 Å². The lowest BCUT2D eigenvalue weighted by Gasteiger charge is -2.24. The highest BCUT2D eigenvalue weighted by molar-refractivity contribution is 6.06. The second-order valence-electron chi connectivity index (χ2n) is 9.05. The Balaban J connectivity index is 1.59. The number of carbonyl (C=O) groups excluding carboxylic acids is 2. The molecule has 0 aliphatic carbocycles. The van der Waals surface area contributed by atoms with Crippen LogP contribution < -0.4 is 10.2 Å². The lowest BCUT2D eigenvalue weighted by molar-refractivity contribution is -0.121. The normalized spacial score (nSPS) is 11.6. The second-order valence-corrected chi connectivity index (χ2v) is 9.05. The Bertz CT molecular complexity index is 1390. The molecule has 4 aromatic rings. The van der Waals surface area contributed by atoms with Gasteiger partial charge in [0.15, 0.2) is 0 Å². The van der Waals surface area contributed by atoms with Gasteiger partial charge in [-0.3, -0.25) is 9.59 Å². The van der Waals surface area contributed by atoms with Gasteiger partial charge in [0, 0.05) is 11.8 Å². The summed E-state index contributed by atoms with van der Waals surface area (Å²) < 4.78 is 28.0. The Labute approximate surface area is 215 Å². The molecular weight excluding hydrogens is 470 g/mol. The van der Waals surface area contributed by atoms with Crippen molar-refractivity contribution in [3.63, 3.8) is 0 Å². The van der Waals surface area contributed by atoms with Crippen molar-refractivity contribution in [2.24, 2.45) is 0 Å². The van der Waals surface area contributed by atoms with Gasteiger partial charge >= 0.3 is 0 Å². The van der Waals surface area contributed by atoms with Crippen molar-refractivity contribution < 1.29 is 18.4 Å². The maximum Gasteiger partial charge on any atom is 0.261 e. The minimum atomic E-state index is -0.927. The molecule has 0 bridgehead atoms. The van der Waals surface area contributed by atoms with E-state index in [2.05, 4.69) is 5.32 Å². The van der Waals surface area contributed by atoms with E-state index in [0.29, 0.717) is 17.3 Å². The van der Waals surface area contributed by atoms with Crippen LogP contribution in [0.3, 0.4) is 0 Å². The summed E-state index contributed by atoms with van der Waals surface area (Å²) in [7, 11) is 0. The molecule has 0 heterocycles. The number of aryl methyl sites for hydroxylation is 1. The lowest BCUT2D eigenvalue weighted by Crippen LogP contribution is -2.31. The van der Waals surface area contributed by atoms with Gasteiger partial charge in [-0.15, -0.1) is 0 Å². The Morgan fingerprint density at radius 1 is 0.838 bits per heavy atom. The van der Waals surface area contributed by atoms with E-state index in [4.69, 9.17) is 0 Å². The number of rotatable bonds is 8. The molecule has 37 heavy (non-hydrogen) atoms. The zero-order valence-electron chi connectivity index (χ0n) is 20.7. The van der Waals surface area contributed by atoms with Crippen LogP contribution in [0.25, 0.3) is 0 Å². The largest absolute Gasteiger partial charge is 0.349 e. The number of hydrogen-bond donors (Lipinski definition) is 1. The average Bonchev–Trinajstić information content (AvgIpc) is 2.88. The van der Waals surface area contributed by atoms with E-state index >= 15 is 0 Å². The molecule has 4 rings (SSSR count). The maximum absolute atomic E-state index is 14.5. The quantitative estimate of drug-likeness (QED) is 0.300. The second kappa shape index (κ2) is 11.6. The fourth-order valence-electron chi connectivity index (χ4n) is 4.10. The van der Waals surface area contributed by atoms with Crippen LogP contribution in [0.2, 0.25) is 0 Å². The van der Waals surface area contributed by atoms with Crippen molar-refractivity contribution in [1.29, 1.82) is 0 Å². The smallest absolute Gasteiger partial charge is 0.261 e. The summed E-state index contributed by atoms with van der Waals surface area (Å²) in [6.07, 6.45) is 0.114. The number of amides is 2. The van der Waals surface area contributed by atoms with Crippen molar-refractivity contribution in [2.75, 3.05) is 4.90 Å². The highest BCUT2D eigenvalue weighted by atomic mass is 19.1. The van der Waals surface area contributed by atoms with E-state index in [9.17, 15) is 18.4 Å². The number of nitrogens with zero attached hydrogens (tertiary/aromatic N) is 1. The van der Waals surface area contributed by atoms with E-state index in [-0.39, 0.29) is 30.5 Å². The number of anilines is 1. The van der Waals surface area contributed by atoms with Crippen LogP contribution in [0.4, 0.5) is 14.5 Å². The number of benzene rings is 4. The molecule has 0 aromatic heterocycles. The lowest BCUT2D eigenvalue weighted by atomic mass is 10.1. The summed E-state index contributed by atoms with van der Waals surface area (Å²) in [5.41, 5.74) is 3.91. The van der Waals surface area contributed by atoms with Gasteiger partial charge in [-0.05, 0) is 54.8 Å². The van der Waals surface area contributed by atoms with Gasteiger partial charge in [-0.25, -0.2) is 8.78 Å². The zero-order chi connectivity index (χ0) is 26.4. The highest BCUT2D eigenvalue weighted by Crippen LogP contribution is 2.24. The van der Waals surface area contributed by atoms with Gasteiger partial charge in [0.25, 0.3) is 5.91 Å². The van der Waals surface area contributed by atoms with Crippen molar-refractivity contribution >= 4 is 17.5 Å². The van der Waals surface area contributed by atoms with Crippen LogP contribution in [0, 0.1) is 18.6 Å². The number of halogens is 2. The Morgan fingerprint density at radius 3 is 2.27 bits per heavy atom. The molecule has 0 fully saturated rings. The van der Waals surface area contributed by atoms with E-state index < -0.39 is 17.5 Å². The first-order valence-corrected chi connectivity index (χ1v) is 12.1. The first kappa shape index (κ1) is 25.8. The van der Waals surface area contributed by atoms with Gasteiger partial charge < -0.3 is 10.2 Å². The molecule has 188 valence electrons. The average molecular weight is 499 g/mol. The summed E-state index contributed by atoms with van der Waals surface area (Å²) >= 11 is 0. The molecule has 1 atom stereocenters. The van der Waals surface area contributed by atoms with Crippen molar-refractivity contribution in [3.05, 3.63) is 137 Å². The molecule has 4 nitrogen and oxygen atoms in total. The van der Waals surface area contributed by atoms with Crippen molar-refractivity contribution in [3.8, 4) is 0 Å². The summed E-state index contributed by atoms with van der Waals surface area (Å²) in [5.74, 6) is -2.44. The molecule has 2 amide bonds. The maximum atomic E-state index is 14.5. The van der Waals surface area contributed by atoms with E-state index in [1.165, 1.54) is 4.90 Å². The first-order valence-electron chi connectivity index (χ1n) is 12.1. The van der Waals surface area contributed by atoms with Crippen LogP contribution in [0.15, 0.2) is 97.1 Å². The van der Waals surface area contributed by atoms with Gasteiger partial charge in [0.05, 0.1) is 24.6 Å². The summed E-state index contributed by atoms with van der Waals surface area (Å²) in [4.78, 5) is 27.7. The Kier molecular flexibility index (Phi) is 8.08. The first-order chi connectivity index (χ1) is 17.8. The van der Waals surface area contributed by atoms with Crippen LogP contribution in [-0.4, -0.2) is 11.8 Å². The molecule has 0 aliphatic heterocycles. The molecule has 4 aromatic carbocycles. The molecule has 0 spiro atoms. The standard InChI is InChI=1S/C31H28F2N2O2/c1-21-11-13-23(14-12-21)20-35(31(37)28-16-15-26(32)19-29(28)33)27-10-6-7-24(17-27)18-30(36)34-22(2)25-8-4-3-5-9-25/h3-17,19,22H,18,20H2,1-2H3,(H,34,36). The van der Waals surface area contributed by atoms with Crippen LogP contribution in [-0.2, 0) is 17.8 Å². The van der Waals surface area contributed by atoms with Gasteiger partial charge in [-0.1, -0.05) is 72.3 Å². The molecule has 6 heteroatoms. The van der Waals surface area contributed by atoms with Crippen molar-refractivity contribution in [2.45, 2.75) is 32.9 Å². The number of carbonyl (C=O) groups is 2. The fraction of sp³-hybridized carbons (Fsp3) is 0.161. The minimum absolute atomic E-state index is 0.114. The van der Waals surface area contributed by atoms with Crippen LogP contribution >= 0.6 is 0 Å². The number of hydrogen-bond acceptors (Lipinski definition) is 2. The Hall–Kier alpha value is -4.32. The summed E-state index contributed by atoms with van der Waals surface area (Å²) in [6, 6.07) is 27.2. The molecule has 1 N–H and O–H groups in total. The molecule has 1 unspecified atom stereocenters. The van der Waals surface area contributed by atoms with Crippen LogP contribution in [0.5, 0.6) is 0 Å². The topological polar surface area (TPSA) is 49.4 Å². The Morgan fingerprint density at radius 2 is 1.57 bits per heavy atom. The van der Waals surface area contributed by atoms with Gasteiger partial charge in [0.2, 0.25) is 5.91 Å². The third-order valence-electron chi connectivity index (χ3n) is 6.13. The van der Waals surface area contributed by atoms with E-state index in [1.54, 1.807) is 18.2 Å². The molecule has 0 aliphatic rings. The SMILES string of the molecule is Cc1ccc(CN(C(=O)c2ccc(F)cc2F)c2cccc(CC(=O)NC(C)c3ccccc3)c2)cc1. The van der Waals surface area contributed by atoms with Gasteiger partial charge in [-0.2, -0.15) is 0 Å². The third kappa shape index (κ3) is 6.67. The van der Waals surface area contributed by atoms with E-state index in [1.807, 2.05) is 74.5 Å². The van der Waals surface area contributed by atoms with E-state index in [0.717, 1.165) is 28.8 Å². The molecule has 0 saturated heterocycles. The summed E-state index contributed by atoms with van der Waals surface area (Å²) in [5, 5.41) is 3.00. The number of nitrogens with one attached hydrogen (secondary N) is 1. The molecule has 0 saturated carbocycles. The minimum Gasteiger partial charge on any atom is -0.349 e. The fourth-order valence-corrected chi connectivity index (χ4v) is 4.10. The van der Waals surface area contributed by atoms with Gasteiger partial charge in [0.1, 0.15) is 11.6 Å². The highest BCUT2D eigenvalue weighted by Gasteiger charge is 2.22. The summed E-state index contributed by atoms with van der Waals surface area (Å²) in [6.45, 7) is 4.06. The monoisotopic (exact) mass is 498 g/mol. The molecular formula is C31H28F2N2O2.